The van der Waals surface area contributed by atoms with Crippen LogP contribution in [0, 0.1) is 13.8 Å². The van der Waals surface area contributed by atoms with Crippen molar-refractivity contribution in [2.45, 2.75) is 39.8 Å². The SMILES string of the molecule is Cc1ccc([C@@H](C)NCCN[C@H](C)c2ccc(C)cc2)cc1. The van der Waals surface area contributed by atoms with Crippen LogP contribution in [0.15, 0.2) is 48.5 Å². The molecule has 2 N–H and O–H groups in total. The van der Waals surface area contributed by atoms with Crippen molar-refractivity contribution >= 4 is 0 Å². The van der Waals surface area contributed by atoms with Crippen molar-refractivity contribution in [3.8, 4) is 0 Å². The summed E-state index contributed by atoms with van der Waals surface area (Å²) in [5.74, 6) is 0. The van der Waals surface area contributed by atoms with E-state index in [0.717, 1.165) is 13.1 Å². The second-order valence-electron chi connectivity index (χ2n) is 6.17. The van der Waals surface area contributed by atoms with Crippen LogP contribution in [-0.2, 0) is 0 Å². The minimum absolute atomic E-state index is 0.386. The van der Waals surface area contributed by atoms with Gasteiger partial charge in [-0.15, -0.1) is 0 Å². The molecule has 0 aliphatic rings. The Morgan fingerprint density at radius 2 is 0.955 bits per heavy atom. The summed E-state index contributed by atoms with van der Waals surface area (Å²) in [5.41, 5.74) is 5.31. The lowest BCUT2D eigenvalue weighted by Gasteiger charge is -2.18. The van der Waals surface area contributed by atoms with Gasteiger partial charge in [0.1, 0.15) is 0 Å². The third-order valence-corrected chi connectivity index (χ3v) is 4.18. The van der Waals surface area contributed by atoms with Crippen molar-refractivity contribution in [1.29, 1.82) is 0 Å². The number of nitrogens with one attached hydrogen (secondary N) is 2. The van der Waals surface area contributed by atoms with Crippen LogP contribution >= 0.6 is 0 Å². The van der Waals surface area contributed by atoms with E-state index < -0.39 is 0 Å². The Kier molecular flexibility index (Phi) is 6.17. The van der Waals surface area contributed by atoms with Crippen molar-refractivity contribution in [1.82, 2.24) is 10.6 Å². The molecule has 2 aromatic carbocycles. The summed E-state index contributed by atoms with van der Waals surface area (Å²) in [7, 11) is 0. The van der Waals surface area contributed by atoms with Crippen molar-refractivity contribution in [2.24, 2.45) is 0 Å². The van der Waals surface area contributed by atoms with Gasteiger partial charge in [-0.05, 0) is 38.8 Å². The molecule has 0 unspecified atom stereocenters. The van der Waals surface area contributed by atoms with Crippen LogP contribution in [0.25, 0.3) is 0 Å². The first-order chi connectivity index (χ1) is 10.6. The van der Waals surface area contributed by atoms with E-state index >= 15 is 0 Å². The molecule has 0 bridgehead atoms. The van der Waals surface area contributed by atoms with Gasteiger partial charge < -0.3 is 10.6 Å². The van der Waals surface area contributed by atoms with E-state index in [4.69, 9.17) is 0 Å². The van der Waals surface area contributed by atoms with Crippen molar-refractivity contribution in [2.75, 3.05) is 13.1 Å². The maximum Gasteiger partial charge on any atom is 0.0292 e. The summed E-state index contributed by atoms with van der Waals surface area (Å²) in [4.78, 5) is 0. The molecule has 0 saturated heterocycles. The number of benzene rings is 2. The first kappa shape index (κ1) is 16.7. The van der Waals surface area contributed by atoms with Gasteiger partial charge in [0, 0.05) is 25.2 Å². The van der Waals surface area contributed by atoms with Gasteiger partial charge in [0.2, 0.25) is 0 Å². The number of hydrogen-bond acceptors (Lipinski definition) is 2. The fourth-order valence-corrected chi connectivity index (χ4v) is 2.52. The molecule has 0 amide bonds. The molecule has 0 heterocycles. The van der Waals surface area contributed by atoms with Crippen LogP contribution in [0.1, 0.15) is 48.2 Å². The summed E-state index contributed by atoms with van der Waals surface area (Å²) in [5, 5.41) is 7.14. The van der Waals surface area contributed by atoms with E-state index in [1.165, 1.54) is 22.3 Å². The van der Waals surface area contributed by atoms with Crippen LogP contribution in [0.5, 0.6) is 0 Å². The summed E-state index contributed by atoms with van der Waals surface area (Å²) in [6.45, 7) is 10.6. The largest absolute Gasteiger partial charge is 0.309 e. The molecule has 0 aromatic heterocycles. The Hall–Kier alpha value is -1.64. The molecule has 22 heavy (non-hydrogen) atoms. The van der Waals surface area contributed by atoms with Gasteiger partial charge in [0.15, 0.2) is 0 Å². The zero-order valence-corrected chi connectivity index (χ0v) is 14.2. The molecule has 0 aliphatic carbocycles. The molecule has 0 fully saturated rings. The Morgan fingerprint density at radius 3 is 1.27 bits per heavy atom. The smallest absolute Gasteiger partial charge is 0.0292 e. The van der Waals surface area contributed by atoms with Crippen LogP contribution in [-0.4, -0.2) is 13.1 Å². The van der Waals surface area contributed by atoms with Crippen LogP contribution in [0.4, 0.5) is 0 Å². The number of rotatable bonds is 7. The van der Waals surface area contributed by atoms with Crippen molar-refractivity contribution in [3.63, 3.8) is 0 Å². The zero-order chi connectivity index (χ0) is 15.9. The van der Waals surface area contributed by atoms with Gasteiger partial charge in [-0.1, -0.05) is 59.7 Å². The average molecular weight is 296 g/mol. The molecule has 118 valence electrons. The standard InChI is InChI=1S/C20H28N2/c1-15-5-9-19(10-6-15)17(3)21-13-14-22-18(4)20-11-7-16(2)8-12-20/h5-12,17-18,21-22H,13-14H2,1-4H3/t17-,18-/m1/s1. The summed E-state index contributed by atoms with van der Waals surface area (Å²) in [6, 6.07) is 18.3. The van der Waals surface area contributed by atoms with Gasteiger partial charge in [0.25, 0.3) is 0 Å². The highest BCUT2D eigenvalue weighted by Gasteiger charge is 2.06. The highest BCUT2D eigenvalue weighted by atomic mass is 15.0. The van der Waals surface area contributed by atoms with Crippen LogP contribution < -0.4 is 10.6 Å². The Balaban J connectivity index is 1.72. The molecule has 2 atom stereocenters. The number of hydrogen-bond donors (Lipinski definition) is 2. The number of aryl methyl sites for hydroxylation is 2. The van der Waals surface area contributed by atoms with E-state index in [0.29, 0.717) is 12.1 Å². The third kappa shape index (κ3) is 4.97. The first-order valence-electron chi connectivity index (χ1n) is 8.16. The van der Waals surface area contributed by atoms with Crippen LogP contribution in [0.3, 0.4) is 0 Å². The topological polar surface area (TPSA) is 24.1 Å². The van der Waals surface area contributed by atoms with Gasteiger partial charge in [0.05, 0.1) is 0 Å². The molecule has 2 rings (SSSR count). The Labute approximate surface area is 135 Å². The average Bonchev–Trinajstić information content (AvgIpc) is 2.52. The predicted octanol–water partition coefficient (Wildman–Crippen LogP) is 4.30. The summed E-state index contributed by atoms with van der Waals surface area (Å²) in [6.07, 6.45) is 0. The fraction of sp³-hybridized carbons (Fsp3) is 0.400. The first-order valence-corrected chi connectivity index (χ1v) is 8.16. The van der Waals surface area contributed by atoms with Crippen molar-refractivity contribution in [3.05, 3.63) is 70.8 Å². The Bertz CT molecular complexity index is 504. The zero-order valence-electron chi connectivity index (χ0n) is 14.2. The normalized spacial score (nSPS) is 13.8. The summed E-state index contributed by atoms with van der Waals surface area (Å²) >= 11 is 0. The van der Waals surface area contributed by atoms with E-state index in [9.17, 15) is 0 Å². The van der Waals surface area contributed by atoms with Gasteiger partial charge in [-0.2, -0.15) is 0 Å². The summed E-state index contributed by atoms with van der Waals surface area (Å²) < 4.78 is 0. The Morgan fingerprint density at radius 1 is 0.636 bits per heavy atom. The van der Waals surface area contributed by atoms with E-state index in [1.54, 1.807) is 0 Å². The fourth-order valence-electron chi connectivity index (χ4n) is 2.52. The molecule has 2 aromatic rings. The monoisotopic (exact) mass is 296 g/mol. The van der Waals surface area contributed by atoms with Gasteiger partial charge >= 0.3 is 0 Å². The lowest BCUT2D eigenvalue weighted by molar-refractivity contribution is 0.511. The molecule has 0 aliphatic heterocycles. The second kappa shape index (κ2) is 8.11. The molecule has 0 spiro atoms. The predicted molar refractivity (Wildman–Crippen MR) is 95.2 cm³/mol. The van der Waals surface area contributed by atoms with Crippen LogP contribution in [0.2, 0.25) is 0 Å². The molecule has 2 heteroatoms. The van der Waals surface area contributed by atoms with Crippen molar-refractivity contribution < 1.29 is 0 Å². The van der Waals surface area contributed by atoms with E-state index in [-0.39, 0.29) is 0 Å². The molecular formula is C20H28N2. The van der Waals surface area contributed by atoms with Gasteiger partial charge in [-0.25, -0.2) is 0 Å². The van der Waals surface area contributed by atoms with E-state index in [1.807, 2.05) is 0 Å². The maximum atomic E-state index is 3.57. The minimum atomic E-state index is 0.386. The van der Waals surface area contributed by atoms with Gasteiger partial charge in [-0.3, -0.25) is 0 Å². The quantitative estimate of drug-likeness (QED) is 0.744. The second-order valence-corrected chi connectivity index (χ2v) is 6.17. The van der Waals surface area contributed by atoms with E-state index in [2.05, 4.69) is 86.9 Å². The maximum absolute atomic E-state index is 3.57. The highest BCUT2D eigenvalue weighted by molar-refractivity contribution is 5.24. The lowest BCUT2D eigenvalue weighted by atomic mass is 10.1. The molecule has 0 saturated carbocycles. The lowest BCUT2D eigenvalue weighted by Crippen LogP contribution is -2.30. The molecular weight excluding hydrogens is 268 g/mol. The molecule has 0 radical (unpaired) electrons. The third-order valence-electron chi connectivity index (χ3n) is 4.18. The minimum Gasteiger partial charge on any atom is -0.309 e. The molecule has 2 nitrogen and oxygen atoms in total. The highest BCUT2D eigenvalue weighted by Crippen LogP contribution is 2.14.